The van der Waals surface area contributed by atoms with Crippen LogP contribution in [0.25, 0.3) is 11.3 Å². The second kappa shape index (κ2) is 8.13. The first kappa shape index (κ1) is 19.9. The highest BCUT2D eigenvalue weighted by Gasteiger charge is 2.32. The molecular weight excluding hydrogens is 379 g/mol. The predicted molar refractivity (Wildman–Crippen MR) is 103 cm³/mol. The summed E-state index contributed by atoms with van der Waals surface area (Å²) in [4.78, 5) is 23.4. The number of aromatic nitrogens is 2. The number of alkyl halides is 3. The van der Waals surface area contributed by atoms with Gasteiger partial charge in [0.2, 0.25) is 5.91 Å². The highest BCUT2D eigenvalue weighted by Crippen LogP contribution is 2.33. The van der Waals surface area contributed by atoms with E-state index in [1.807, 2.05) is 4.90 Å². The van der Waals surface area contributed by atoms with Gasteiger partial charge in [-0.1, -0.05) is 25.0 Å². The number of rotatable bonds is 3. The quantitative estimate of drug-likeness (QED) is 0.720. The van der Waals surface area contributed by atoms with Crippen molar-refractivity contribution in [3.8, 4) is 11.3 Å². The average molecular weight is 403 g/mol. The van der Waals surface area contributed by atoms with Crippen molar-refractivity contribution < 1.29 is 18.0 Å². The number of carbonyl (C=O) groups excluding carboxylic acids is 1. The molecule has 1 amide bonds. The molecule has 2 heterocycles. The lowest BCUT2D eigenvalue weighted by atomic mass is 9.92. The topological polar surface area (TPSA) is 46.1 Å². The van der Waals surface area contributed by atoms with Gasteiger partial charge >= 0.3 is 6.18 Å². The number of amides is 1. The molecule has 0 bridgehead atoms. The summed E-state index contributed by atoms with van der Waals surface area (Å²) in [5.74, 6) is 0.640. The summed E-state index contributed by atoms with van der Waals surface area (Å²) < 4.78 is 39.0. The minimum absolute atomic E-state index is 0.167. The molecule has 0 radical (unpaired) electrons. The number of hydrogen-bond acceptors (Lipinski definition) is 3. The van der Waals surface area contributed by atoms with Crippen LogP contribution >= 0.6 is 0 Å². The number of benzene rings is 1. The summed E-state index contributed by atoms with van der Waals surface area (Å²) in [6, 6.07) is 5.17. The van der Waals surface area contributed by atoms with Crippen molar-refractivity contribution in [1.29, 1.82) is 0 Å². The van der Waals surface area contributed by atoms with Crippen LogP contribution in [0.5, 0.6) is 0 Å². The van der Waals surface area contributed by atoms with Crippen molar-refractivity contribution in [3.63, 3.8) is 0 Å². The van der Waals surface area contributed by atoms with Crippen LogP contribution in [0.2, 0.25) is 0 Å². The molecule has 4 rings (SSSR count). The van der Waals surface area contributed by atoms with E-state index in [4.69, 9.17) is 0 Å². The molecule has 2 fully saturated rings. The van der Waals surface area contributed by atoms with Gasteiger partial charge in [-0.05, 0) is 37.8 Å². The molecule has 1 aromatic carbocycles. The van der Waals surface area contributed by atoms with Gasteiger partial charge < -0.3 is 4.90 Å². The summed E-state index contributed by atoms with van der Waals surface area (Å²) >= 11 is 0. The summed E-state index contributed by atoms with van der Waals surface area (Å²) in [5, 5.41) is 0. The molecule has 2 aliphatic rings. The van der Waals surface area contributed by atoms with Gasteiger partial charge in [0.25, 0.3) is 0 Å². The molecule has 0 N–H and O–H groups in total. The van der Waals surface area contributed by atoms with E-state index in [1.165, 1.54) is 12.3 Å². The molecule has 1 aliphatic heterocycles. The zero-order valence-corrected chi connectivity index (χ0v) is 16.2. The minimum Gasteiger partial charge on any atom is -0.342 e. The van der Waals surface area contributed by atoms with E-state index in [1.54, 1.807) is 12.3 Å². The smallest absolute Gasteiger partial charge is 0.342 e. The normalized spacial score (nSPS) is 18.9. The first-order chi connectivity index (χ1) is 13.9. The lowest BCUT2D eigenvalue weighted by Crippen LogP contribution is -2.40. The Morgan fingerprint density at radius 3 is 2.45 bits per heavy atom. The van der Waals surface area contributed by atoms with Gasteiger partial charge in [0, 0.05) is 36.7 Å². The largest absolute Gasteiger partial charge is 0.416 e. The van der Waals surface area contributed by atoms with Crippen LogP contribution < -0.4 is 0 Å². The van der Waals surface area contributed by atoms with E-state index >= 15 is 0 Å². The number of likely N-dealkylation sites (tertiary alicyclic amines) is 1. The molecule has 1 aliphatic carbocycles. The Morgan fingerprint density at radius 2 is 1.76 bits per heavy atom. The molecule has 1 saturated carbocycles. The predicted octanol–water partition coefficient (Wildman–Crippen LogP) is 5.06. The van der Waals surface area contributed by atoms with Gasteiger partial charge in [-0.15, -0.1) is 0 Å². The van der Waals surface area contributed by atoms with E-state index in [0.29, 0.717) is 24.3 Å². The molecule has 4 nitrogen and oxygen atoms in total. The average Bonchev–Trinajstić information content (AvgIpc) is 3.28. The summed E-state index contributed by atoms with van der Waals surface area (Å²) in [7, 11) is 0. The van der Waals surface area contributed by atoms with E-state index in [0.717, 1.165) is 56.4 Å². The third-order valence-corrected chi connectivity index (χ3v) is 6.07. The summed E-state index contributed by atoms with van der Waals surface area (Å²) in [6.07, 6.45) is 4.70. The number of nitrogens with zero attached hydrogens (tertiary/aromatic N) is 3. The van der Waals surface area contributed by atoms with Crippen molar-refractivity contribution in [2.75, 3.05) is 13.1 Å². The molecule has 7 heteroatoms. The Balaban J connectivity index is 1.45. The number of hydrogen-bond donors (Lipinski definition) is 0. The van der Waals surface area contributed by atoms with Crippen LogP contribution in [-0.4, -0.2) is 33.9 Å². The Kier molecular flexibility index (Phi) is 5.56. The fraction of sp³-hybridized carbons (Fsp3) is 0.500. The van der Waals surface area contributed by atoms with Crippen LogP contribution in [0.15, 0.2) is 36.7 Å². The zero-order valence-electron chi connectivity index (χ0n) is 16.2. The first-order valence-corrected chi connectivity index (χ1v) is 10.2. The maximum atomic E-state index is 13.0. The maximum Gasteiger partial charge on any atom is 0.416 e. The Morgan fingerprint density at radius 1 is 1.03 bits per heavy atom. The van der Waals surface area contributed by atoms with Gasteiger partial charge in [-0.2, -0.15) is 13.2 Å². The summed E-state index contributed by atoms with van der Waals surface area (Å²) in [5.41, 5.74) is 0.940. The number of piperidine rings is 1. The Bertz CT molecular complexity index is 870. The van der Waals surface area contributed by atoms with Crippen LogP contribution in [0.3, 0.4) is 0 Å². The molecular formula is C22H24F3N3O. The second-order valence-electron chi connectivity index (χ2n) is 7.99. The zero-order chi connectivity index (χ0) is 20.4. The third-order valence-electron chi connectivity index (χ3n) is 6.07. The number of carbonyl (C=O) groups is 1. The van der Waals surface area contributed by atoms with Gasteiger partial charge in [0.15, 0.2) is 0 Å². The second-order valence-corrected chi connectivity index (χ2v) is 7.99. The van der Waals surface area contributed by atoms with E-state index in [2.05, 4.69) is 9.97 Å². The molecule has 0 spiro atoms. The van der Waals surface area contributed by atoms with E-state index in [9.17, 15) is 18.0 Å². The van der Waals surface area contributed by atoms with E-state index < -0.39 is 11.7 Å². The van der Waals surface area contributed by atoms with Crippen molar-refractivity contribution in [3.05, 3.63) is 47.9 Å². The Labute approximate surface area is 168 Å². The van der Waals surface area contributed by atoms with Crippen LogP contribution in [0.1, 0.15) is 55.7 Å². The SMILES string of the molecule is O=C(C1CCCC1)N1CCC(c2cncc(-c3cccc(C(F)(F)F)c3)n2)CC1. The van der Waals surface area contributed by atoms with Gasteiger partial charge in [-0.3, -0.25) is 9.78 Å². The maximum absolute atomic E-state index is 13.0. The van der Waals surface area contributed by atoms with Gasteiger partial charge in [0.05, 0.1) is 23.1 Å². The lowest BCUT2D eigenvalue weighted by molar-refractivity contribution is -0.138. The molecule has 0 unspecified atom stereocenters. The molecule has 1 aromatic heterocycles. The first-order valence-electron chi connectivity index (χ1n) is 10.2. The standard InChI is InChI=1S/C22H24F3N3O/c23-22(24,25)18-7-3-6-17(12-18)20-14-26-13-19(27-20)15-8-10-28(11-9-15)21(29)16-4-1-2-5-16/h3,6-7,12-16H,1-2,4-5,8-11H2. The molecule has 29 heavy (non-hydrogen) atoms. The summed E-state index contributed by atoms with van der Waals surface area (Å²) in [6.45, 7) is 1.41. The fourth-order valence-electron chi connectivity index (χ4n) is 4.40. The molecule has 0 atom stereocenters. The highest BCUT2D eigenvalue weighted by molar-refractivity contribution is 5.79. The van der Waals surface area contributed by atoms with Gasteiger partial charge in [-0.25, -0.2) is 4.98 Å². The fourth-order valence-corrected chi connectivity index (χ4v) is 4.40. The lowest BCUT2D eigenvalue weighted by Gasteiger charge is -2.33. The third kappa shape index (κ3) is 4.43. The Hall–Kier alpha value is -2.44. The van der Waals surface area contributed by atoms with Crippen molar-refractivity contribution in [2.24, 2.45) is 5.92 Å². The van der Waals surface area contributed by atoms with Crippen LogP contribution in [0.4, 0.5) is 13.2 Å². The van der Waals surface area contributed by atoms with Crippen molar-refractivity contribution in [1.82, 2.24) is 14.9 Å². The molecule has 2 aromatic rings. The van der Waals surface area contributed by atoms with Crippen LogP contribution in [-0.2, 0) is 11.0 Å². The van der Waals surface area contributed by atoms with Crippen molar-refractivity contribution >= 4 is 5.91 Å². The molecule has 154 valence electrons. The van der Waals surface area contributed by atoms with Crippen LogP contribution in [0, 0.1) is 5.92 Å². The molecule has 1 saturated heterocycles. The monoisotopic (exact) mass is 403 g/mol. The number of halogens is 3. The highest BCUT2D eigenvalue weighted by atomic mass is 19.4. The minimum atomic E-state index is -4.39. The van der Waals surface area contributed by atoms with Crippen molar-refractivity contribution in [2.45, 2.75) is 50.6 Å². The van der Waals surface area contributed by atoms with E-state index in [-0.39, 0.29) is 17.7 Å². The van der Waals surface area contributed by atoms with Gasteiger partial charge in [0.1, 0.15) is 0 Å².